The maximum Gasteiger partial charge on any atom is 0 e. The Kier molecular flexibility index (Phi) is 6.67. The third-order valence-electron chi connectivity index (χ3n) is 4.96. The van der Waals surface area contributed by atoms with E-state index in [1.165, 1.54) is 60.0 Å². The minimum atomic E-state index is 0. The van der Waals surface area contributed by atoms with Crippen LogP contribution >= 0.6 is 0 Å². The second-order valence-electron chi connectivity index (χ2n) is 7.28. The number of benzene rings is 3. The molecule has 0 saturated heterocycles. The Morgan fingerprint density at radius 2 is 0.885 bits per heavy atom. The molecule has 2 heteroatoms. The summed E-state index contributed by atoms with van der Waals surface area (Å²) in [5.41, 5.74) is 13.6. The number of hydrogen-bond donors (Lipinski definition) is 0. The number of hydrogen-bond acceptors (Lipinski definition) is 0. The predicted molar refractivity (Wildman–Crippen MR) is 117 cm³/mol. The zero-order valence-corrected chi connectivity index (χ0v) is 19.1. The maximum absolute atomic E-state index is 2.29. The third kappa shape index (κ3) is 3.89. The first kappa shape index (κ1) is 21.1. The molecule has 26 heavy (non-hydrogen) atoms. The van der Waals surface area contributed by atoms with Crippen molar-refractivity contribution < 1.29 is 0 Å². The van der Waals surface area contributed by atoms with Gasteiger partial charge in [-0.1, -0.05) is 0 Å². The summed E-state index contributed by atoms with van der Waals surface area (Å²) in [5.74, 6) is 0. The molecule has 0 aliphatic rings. The molecular formula is C24H25GeLi. The van der Waals surface area contributed by atoms with E-state index in [1.807, 2.05) is 0 Å². The first-order valence-electron chi connectivity index (χ1n) is 8.80. The average Bonchev–Trinajstić information content (AvgIpc) is 2.48. The van der Waals surface area contributed by atoms with Gasteiger partial charge in [0, 0.05) is 18.9 Å². The van der Waals surface area contributed by atoms with Gasteiger partial charge in [0.1, 0.15) is 0 Å². The monoisotopic (exact) mass is 394 g/mol. The quantitative estimate of drug-likeness (QED) is 0.520. The number of rotatable bonds is 2. The molecule has 3 aromatic carbocycles. The zero-order valence-electron chi connectivity index (χ0n) is 17.0. The van der Waals surface area contributed by atoms with Gasteiger partial charge in [-0.3, -0.25) is 0 Å². The van der Waals surface area contributed by atoms with Gasteiger partial charge < -0.3 is 0 Å². The zero-order chi connectivity index (χ0) is 18.3. The number of aryl methyl sites for hydroxylation is 6. The van der Waals surface area contributed by atoms with Gasteiger partial charge in [-0.25, -0.2) is 0 Å². The van der Waals surface area contributed by atoms with Crippen LogP contribution in [0.1, 0.15) is 33.4 Å². The topological polar surface area (TPSA) is 0 Å². The molecule has 0 nitrogen and oxygen atoms in total. The van der Waals surface area contributed by atoms with Gasteiger partial charge >= 0.3 is 161 Å². The molecule has 0 N–H and O–H groups in total. The van der Waals surface area contributed by atoms with Crippen molar-refractivity contribution in [2.75, 3.05) is 0 Å². The van der Waals surface area contributed by atoms with E-state index in [9.17, 15) is 0 Å². The predicted octanol–water partition coefficient (Wildman–Crippen LogP) is 5.28. The Labute approximate surface area is 178 Å². The van der Waals surface area contributed by atoms with E-state index in [4.69, 9.17) is 0 Å². The molecule has 126 valence electrons. The van der Waals surface area contributed by atoms with E-state index in [2.05, 4.69) is 101 Å². The molecular weight excluding hydrogens is 368 g/mol. The first-order chi connectivity index (χ1) is 11.8. The van der Waals surface area contributed by atoms with Crippen LogP contribution in [0, 0.1) is 41.5 Å². The van der Waals surface area contributed by atoms with E-state index in [0.717, 1.165) is 0 Å². The van der Waals surface area contributed by atoms with Gasteiger partial charge in [0.2, 0.25) is 0 Å². The smallest absolute Gasteiger partial charge is 0 e. The molecule has 0 unspecified atom stereocenters. The Balaban J connectivity index is 0.00000243. The molecule has 0 heterocycles. The first-order valence-corrected chi connectivity index (χ1v) is 9.85. The molecule has 3 rings (SSSR count). The molecule has 0 fully saturated rings. The summed E-state index contributed by atoms with van der Waals surface area (Å²) >= 11 is 2.27. The summed E-state index contributed by atoms with van der Waals surface area (Å²) < 4.78 is 1.37. The van der Waals surface area contributed by atoms with Crippen LogP contribution in [0.15, 0.2) is 42.5 Å². The van der Waals surface area contributed by atoms with Gasteiger partial charge in [0.25, 0.3) is 0 Å². The van der Waals surface area contributed by atoms with Gasteiger partial charge in [-0.15, -0.1) is 0 Å². The fraction of sp³-hybridized carbons (Fsp3) is 0.250. The molecule has 0 saturated carbocycles. The standard InChI is InChI=1S/C24H25Ge.Li/c1-14-10-16(3)22(17(4)11-14)20-8-7-9-21(24(20)25)23-18(5)12-15(2)13-19(23)6;/h7-13H,1-6H3;. The molecule has 0 atom stereocenters. The fourth-order valence-corrected chi connectivity index (χ4v) is 5.05. The van der Waals surface area contributed by atoms with Crippen molar-refractivity contribution in [1.29, 1.82) is 0 Å². The van der Waals surface area contributed by atoms with Gasteiger partial charge in [-0.2, -0.15) is 0 Å². The molecule has 0 aromatic heterocycles. The van der Waals surface area contributed by atoms with Crippen LogP contribution in [0.5, 0.6) is 0 Å². The van der Waals surface area contributed by atoms with Crippen LogP contribution in [-0.4, -0.2) is 35.4 Å². The minimum absolute atomic E-state index is 0. The van der Waals surface area contributed by atoms with Crippen molar-refractivity contribution in [2.45, 2.75) is 41.5 Å². The normalized spacial score (nSPS) is 10.6. The summed E-state index contributed by atoms with van der Waals surface area (Å²) in [4.78, 5) is 0. The van der Waals surface area contributed by atoms with Crippen LogP contribution in [0.3, 0.4) is 0 Å². The van der Waals surface area contributed by atoms with Gasteiger partial charge in [0.05, 0.1) is 0 Å². The Bertz CT molecular complexity index is 848. The molecule has 0 spiro atoms. The third-order valence-corrected chi connectivity index (χ3v) is 6.09. The van der Waals surface area contributed by atoms with Crippen molar-refractivity contribution >= 4 is 39.8 Å². The van der Waals surface area contributed by atoms with E-state index >= 15 is 0 Å². The molecule has 4 radical (unpaired) electrons. The van der Waals surface area contributed by atoms with Gasteiger partial charge in [-0.05, 0) is 0 Å². The fourth-order valence-electron chi connectivity index (χ4n) is 4.18. The van der Waals surface area contributed by atoms with Crippen molar-refractivity contribution in [1.82, 2.24) is 0 Å². The second kappa shape index (κ2) is 8.22. The average molecular weight is 393 g/mol. The van der Waals surface area contributed by atoms with E-state index < -0.39 is 0 Å². The Hall–Kier alpha value is -1.20. The Morgan fingerprint density at radius 1 is 0.577 bits per heavy atom. The van der Waals surface area contributed by atoms with Crippen molar-refractivity contribution in [2.24, 2.45) is 0 Å². The molecule has 3 aromatic rings. The molecule has 0 bridgehead atoms. The SMILES string of the molecule is Cc1cc(C)c(-c2cccc(-c3c(C)cc(C)cc3C)[c]2[Ge])c(C)c1.[Li]. The Morgan fingerprint density at radius 3 is 1.19 bits per heavy atom. The second-order valence-corrected chi connectivity index (χ2v) is 8.32. The molecule has 0 aliphatic heterocycles. The van der Waals surface area contributed by atoms with E-state index in [1.54, 1.807) is 0 Å². The van der Waals surface area contributed by atoms with Crippen molar-refractivity contribution in [3.05, 3.63) is 75.8 Å². The van der Waals surface area contributed by atoms with Crippen LogP contribution in [0.2, 0.25) is 0 Å². The van der Waals surface area contributed by atoms with E-state index in [-0.39, 0.29) is 18.9 Å². The summed E-state index contributed by atoms with van der Waals surface area (Å²) in [6.07, 6.45) is 0. The van der Waals surface area contributed by atoms with Crippen LogP contribution in [-0.2, 0) is 0 Å². The largest absolute Gasteiger partial charge is 0 e. The van der Waals surface area contributed by atoms with Crippen molar-refractivity contribution in [3.63, 3.8) is 0 Å². The van der Waals surface area contributed by atoms with Crippen molar-refractivity contribution in [3.8, 4) is 22.3 Å². The van der Waals surface area contributed by atoms with Crippen LogP contribution < -0.4 is 4.40 Å². The molecule has 0 amide bonds. The molecule has 0 aliphatic carbocycles. The minimum Gasteiger partial charge on any atom is 0 e. The van der Waals surface area contributed by atoms with Gasteiger partial charge in [0.15, 0.2) is 0 Å². The summed E-state index contributed by atoms with van der Waals surface area (Å²) in [6.45, 7) is 13.2. The summed E-state index contributed by atoms with van der Waals surface area (Å²) in [5, 5.41) is 0. The maximum atomic E-state index is 2.29. The summed E-state index contributed by atoms with van der Waals surface area (Å²) in [7, 11) is 0. The van der Waals surface area contributed by atoms with E-state index in [0.29, 0.717) is 0 Å². The summed E-state index contributed by atoms with van der Waals surface area (Å²) in [6, 6.07) is 15.9. The van der Waals surface area contributed by atoms with Crippen LogP contribution in [0.4, 0.5) is 0 Å². The van der Waals surface area contributed by atoms with Crippen LogP contribution in [0.25, 0.3) is 22.3 Å².